The highest BCUT2D eigenvalue weighted by atomic mass is 14.9. The molecule has 0 spiro atoms. The summed E-state index contributed by atoms with van der Waals surface area (Å²) in [7, 11) is 0. The van der Waals surface area contributed by atoms with Gasteiger partial charge in [-0.1, -0.05) is 53.9 Å². The molecule has 0 aromatic rings. The van der Waals surface area contributed by atoms with Crippen molar-refractivity contribution < 1.29 is 0 Å². The number of hydrogen-bond donors (Lipinski definition) is 1. The number of hydrogen-bond acceptors (Lipinski definition) is 1. The molecule has 0 aliphatic carbocycles. The molecule has 0 aliphatic heterocycles. The molecule has 0 amide bonds. The van der Waals surface area contributed by atoms with Gasteiger partial charge in [-0.25, -0.2) is 0 Å². The van der Waals surface area contributed by atoms with Crippen molar-refractivity contribution in [1.82, 2.24) is 5.32 Å². The van der Waals surface area contributed by atoms with Crippen LogP contribution in [0.15, 0.2) is 0 Å². The van der Waals surface area contributed by atoms with E-state index in [9.17, 15) is 0 Å². The van der Waals surface area contributed by atoms with Crippen molar-refractivity contribution in [3.63, 3.8) is 0 Å². The van der Waals surface area contributed by atoms with Gasteiger partial charge in [0.2, 0.25) is 0 Å². The summed E-state index contributed by atoms with van der Waals surface area (Å²) in [5, 5.41) is 3.74. The van der Waals surface area contributed by atoms with Gasteiger partial charge in [0, 0.05) is 6.04 Å². The van der Waals surface area contributed by atoms with Gasteiger partial charge in [-0.05, 0) is 37.6 Å². The van der Waals surface area contributed by atoms with Gasteiger partial charge in [0.25, 0.3) is 0 Å². The van der Waals surface area contributed by atoms with Gasteiger partial charge in [-0.3, -0.25) is 0 Å². The van der Waals surface area contributed by atoms with Gasteiger partial charge in [0.05, 0.1) is 0 Å². The first-order valence-electron chi connectivity index (χ1n) is 7.38. The fourth-order valence-electron chi connectivity index (χ4n) is 2.55. The Labute approximate surface area is 103 Å². The molecule has 1 nitrogen and oxygen atoms in total. The molecule has 0 bridgehead atoms. The molecule has 3 unspecified atom stereocenters. The lowest BCUT2D eigenvalue weighted by atomic mass is 9.88. The first-order valence-corrected chi connectivity index (χ1v) is 7.38. The molecule has 3 atom stereocenters. The standard InChI is InChI=1S/C15H33N/c1-6-9-13(4)12-15(16-11-8-3)14(5)10-7-2/h13-16H,6-12H2,1-5H3. The van der Waals surface area contributed by atoms with Crippen molar-refractivity contribution in [3.8, 4) is 0 Å². The fourth-order valence-corrected chi connectivity index (χ4v) is 2.55. The van der Waals surface area contributed by atoms with Crippen LogP contribution in [0.25, 0.3) is 0 Å². The molecular formula is C15H33N. The Morgan fingerprint density at radius 2 is 1.50 bits per heavy atom. The van der Waals surface area contributed by atoms with E-state index in [1.165, 1.54) is 45.1 Å². The third kappa shape index (κ3) is 7.27. The topological polar surface area (TPSA) is 12.0 Å². The number of nitrogens with one attached hydrogen (secondary N) is 1. The molecule has 0 aromatic carbocycles. The van der Waals surface area contributed by atoms with E-state index in [0.717, 1.165) is 17.9 Å². The lowest BCUT2D eigenvalue weighted by Gasteiger charge is -2.27. The second-order valence-corrected chi connectivity index (χ2v) is 5.46. The Hall–Kier alpha value is -0.0400. The van der Waals surface area contributed by atoms with Crippen LogP contribution in [0.1, 0.15) is 73.1 Å². The van der Waals surface area contributed by atoms with E-state index in [0.29, 0.717) is 0 Å². The maximum Gasteiger partial charge on any atom is 0.00952 e. The van der Waals surface area contributed by atoms with Crippen LogP contribution in [0.5, 0.6) is 0 Å². The minimum Gasteiger partial charge on any atom is -0.314 e. The first kappa shape index (κ1) is 16.0. The molecular weight excluding hydrogens is 194 g/mol. The monoisotopic (exact) mass is 227 g/mol. The van der Waals surface area contributed by atoms with E-state index in [1.54, 1.807) is 0 Å². The van der Waals surface area contributed by atoms with E-state index in [1.807, 2.05) is 0 Å². The van der Waals surface area contributed by atoms with Crippen LogP contribution in [0.4, 0.5) is 0 Å². The predicted molar refractivity (Wildman–Crippen MR) is 74.8 cm³/mol. The average molecular weight is 227 g/mol. The summed E-state index contributed by atoms with van der Waals surface area (Å²) in [6, 6.07) is 0.737. The first-order chi connectivity index (χ1) is 7.65. The van der Waals surface area contributed by atoms with Crippen LogP contribution in [0, 0.1) is 11.8 Å². The molecule has 1 heteroatoms. The zero-order valence-corrected chi connectivity index (χ0v) is 12.2. The highest BCUT2D eigenvalue weighted by Crippen LogP contribution is 2.20. The Kier molecular flexibility index (Phi) is 10.1. The molecule has 0 saturated heterocycles. The van der Waals surface area contributed by atoms with Gasteiger partial charge in [-0.2, -0.15) is 0 Å². The SMILES string of the molecule is CCCNC(CC(C)CCC)C(C)CCC. The summed E-state index contributed by atoms with van der Waals surface area (Å²) >= 11 is 0. The summed E-state index contributed by atoms with van der Waals surface area (Å²) in [5.74, 6) is 1.70. The molecule has 0 heterocycles. The van der Waals surface area contributed by atoms with E-state index in [2.05, 4.69) is 39.9 Å². The Bertz CT molecular complexity index is 144. The van der Waals surface area contributed by atoms with Crippen LogP contribution < -0.4 is 5.32 Å². The normalized spacial score (nSPS) is 17.1. The van der Waals surface area contributed by atoms with Crippen molar-refractivity contribution in [1.29, 1.82) is 0 Å². The highest BCUT2D eigenvalue weighted by molar-refractivity contribution is 4.75. The second-order valence-electron chi connectivity index (χ2n) is 5.46. The Balaban J connectivity index is 4.07. The summed E-state index contributed by atoms with van der Waals surface area (Å²) in [6.07, 6.45) is 7.98. The maximum atomic E-state index is 3.74. The maximum absolute atomic E-state index is 3.74. The minimum atomic E-state index is 0.737. The summed E-state index contributed by atoms with van der Waals surface area (Å²) < 4.78 is 0. The largest absolute Gasteiger partial charge is 0.314 e. The Morgan fingerprint density at radius 3 is 2.00 bits per heavy atom. The second kappa shape index (κ2) is 10.1. The smallest absolute Gasteiger partial charge is 0.00952 e. The average Bonchev–Trinajstić information content (AvgIpc) is 2.24. The minimum absolute atomic E-state index is 0.737. The van der Waals surface area contributed by atoms with E-state index < -0.39 is 0 Å². The molecule has 0 aliphatic rings. The third-order valence-electron chi connectivity index (χ3n) is 3.53. The molecule has 0 aromatic heterocycles. The molecule has 16 heavy (non-hydrogen) atoms. The van der Waals surface area contributed by atoms with Crippen LogP contribution in [0.2, 0.25) is 0 Å². The highest BCUT2D eigenvalue weighted by Gasteiger charge is 2.18. The van der Waals surface area contributed by atoms with E-state index >= 15 is 0 Å². The Morgan fingerprint density at radius 1 is 0.875 bits per heavy atom. The van der Waals surface area contributed by atoms with Crippen molar-refractivity contribution in [2.24, 2.45) is 11.8 Å². The predicted octanol–water partition coefficient (Wildman–Crippen LogP) is 4.62. The van der Waals surface area contributed by atoms with Crippen molar-refractivity contribution in [2.75, 3.05) is 6.54 Å². The zero-order chi connectivity index (χ0) is 12.4. The van der Waals surface area contributed by atoms with Gasteiger partial charge < -0.3 is 5.32 Å². The van der Waals surface area contributed by atoms with Gasteiger partial charge in [0.1, 0.15) is 0 Å². The fraction of sp³-hybridized carbons (Fsp3) is 1.00. The zero-order valence-electron chi connectivity index (χ0n) is 12.2. The molecule has 0 radical (unpaired) electrons. The lowest BCUT2D eigenvalue weighted by Crippen LogP contribution is -2.37. The van der Waals surface area contributed by atoms with Crippen LogP contribution in [-0.4, -0.2) is 12.6 Å². The van der Waals surface area contributed by atoms with Gasteiger partial charge in [-0.15, -0.1) is 0 Å². The summed E-state index contributed by atoms with van der Waals surface area (Å²) in [6.45, 7) is 12.8. The van der Waals surface area contributed by atoms with Crippen molar-refractivity contribution in [3.05, 3.63) is 0 Å². The van der Waals surface area contributed by atoms with Crippen molar-refractivity contribution in [2.45, 2.75) is 79.2 Å². The molecule has 0 rings (SSSR count). The summed E-state index contributed by atoms with van der Waals surface area (Å²) in [4.78, 5) is 0. The van der Waals surface area contributed by atoms with Crippen LogP contribution >= 0.6 is 0 Å². The number of rotatable bonds is 10. The van der Waals surface area contributed by atoms with E-state index in [4.69, 9.17) is 0 Å². The van der Waals surface area contributed by atoms with Crippen molar-refractivity contribution >= 4 is 0 Å². The van der Waals surface area contributed by atoms with Crippen LogP contribution in [0.3, 0.4) is 0 Å². The van der Waals surface area contributed by atoms with Gasteiger partial charge >= 0.3 is 0 Å². The van der Waals surface area contributed by atoms with Gasteiger partial charge in [0.15, 0.2) is 0 Å². The van der Waals surface area contributed by atoms with E-state index in [-0.39, 0.29) is 0 Å². The molecule has 0 saturated carbocycles. The molecule has 1 N–H and O–H groups in total. The molecule has 98 valence electrons. The quantitative estimate of drug-likeness (QED) is 0.574. The van der Waals surface area contributed by atoms with Crippen LogP contribution in [-0.2, 0) is 0 Å². The summed E-state index contributed by atoms with van der Waals surface area (Å²) in [5.41, 5.74) is 0. The molecule has 0 fully saturated rings. The lowest BCUT2D eigenvalue weighted by molar-refractivity contribution is 0.292. The third-order valence-corrected chi connectivity index (χ3v) is 3.53.